The molecule has 3 aliphatic rings. The number of cyclic esters (lactones) is 1. The Morgan fingerprint density at radius 1 is 1.12 bits per heavy atom. The Morgan fingerprint density at radius 3 is 2.37 bits per heavy atom. The number of ether oxygens (including phenoxy) is 7. The second kappa shape index (κ2) is 26.7. The minimum absolute atomic E-state index is 0.00463. The van der Waals surface area contributed by atoms with Gasteiger partial charge in [0.15, 0.2) is 20.4 Å². The number of amides is 1. The maximum Gasteiger partial charge on any atom is 0.410 e. The van der Waals surface area contributed by atoms with Crippen molar-refractivity contribution in [3.63, 3.8) is 0 Å². The van der Waals surface area contributed by atoms with E-state index in [0.717, 1.165) is 0 Å². The van der Waals surface area contributed by atoms with E-state index in [2.05, 4.69) is 31.6 Å². The van der Waals surface area contributed by atoms with Crippen molar-refractivity contribution in [2.45, 2.75) is 173 Å². The van der Waals surface area contributed by atoms with Crippen LogP contribution in [-0.4, -0.2) is 164 Å². The molecule has 0 spiro atoms. The third-order valence-corrected chi connectivity index (χ3v) is 14.3. The van der Waals surface area contributed by atoms with Gasteiger partial charge in [-0.25, -0.2) is 4.79 Å². The summed E-state index contributed by atoms with van der Waals surface area (Å²) in [5.41, 5.74) is 6.59. The molecule has 0 aliphatic carbocycles. The number of rotatable bonds is 15. The Hall–Kier alpha value is -3.96. The molecule has 3 saturated heterocycles. The van der Waals surface area contributed by atoms with Crippen LogP contribution in [0, 0.1) is 17.8 Å². The summed E-state index contributed by atoms with van der Waals surface area (Å²) in [4.78, 5) is 65.3. The minimum atomic E-state index is -1.26. The van der Waals surface area contributed by atoms with Crippen LogP contribution in [0.1, 0.15) is 106 Å². The number of methoxy groups -OCH3 is 2. The summed E-state index contributed by atoms with van der Waals surface area (Å²) in [5, 5.41) is 3.65. The molecule has 0 N–H and O–H groups in total. The summed E-state index contributed by atoms with van der Waals surface area (Å²) >= 11 is 0. The summed E-state index contributed by atoms with van der Waals surface area (Å²) in [5.74, 6) is -2.39. The monoisotopic (exact) mass is 964 g/mol. The van der Waals surface area contributed by atoms with E-state index in [4.69, 9.17) is 34.0 Å². The highest BCUT2D eigenvalue weighted by atomic mass is 31.1. The zero-order valence-corrected chi connectivity index (χ0v) is 43.2. The van der Waals surface area contributed by atoms with Crippen molar-refractivity contribution in [3.8, 4) is 0 Å². The number of unbranched alkanes of at least 4 members (excludes halogenated alkanes) is 1. The zero-order chi connectivity index (χ0) is 50.2. The fourth-order valence-electron chi connectivity index (χ4n) is 9.54. The van der Waals surface area contributed by atoms with Crippen LogP contribution in [0.3, 0.4) is 0 Å². The highest BCUT2D eigenvalue weighted by Gasteiger charge is 2.59. The molecule has 1 amide bonds. The number of fused-ring (bicyclic) bond motifs is 1. The lowest BCUT2D eigenvalue weighted by Crippen LogP contribution is -2.61. The van der Waals surface area contributed by atoms with Crippen molar-refractivity contribution in [2.24, 2.45) is 22.9 Å². The number of azide groups is 1. The number of hydrogen-bond donors (Lipinski definition) is 0. The van der Waals surface area contributed by atoms with Gasteiger partial charge in [-0.05, 0) is 111 Å². The summed E-state index contributed by atoms with van der Waals surface area (Å²) in [6.07, 6.45) is 1.34. The number of carbonyl (C=O) groups is 4. The fraction of sp³-hybridized carbons (Fsp3) is 0.809. The van der Waals surface area contributed by atoms with Crippen LogP contribution in [0.2, 0.25) is 0 Å². The van der Waals surface area contributed by atoms with Gasteiger partial charge >= 0.3 is 24.0 Å². The molecule has 67 heavy (non-hydrogen) atoms. The van der Waals surface area contributed by atoms with Gasteiger partial charge in [-0.2, -0.15) is 0 Å². The fourth-order valence-corrected chi connectivity index (χ4v) is 10.3. The number of pyridine rings is 1. The number of nitrogens with zero attached hydrogens (tertiary/aromatic N) is 7. The lowest BCUT2D eigenvalue weighted by molar-refractivity contribution is -0.258. The van der Waals surface area contributed by atoms with Crippen LogP contribution < -0.4 is 0 Å². The molecule has 0 bridgehead atoms. The van der Waals surface area contributed by atoms with Gasteiger partial charge in [-0.1, -0.05) is 38.9 Å². The average molecular weight is 964 g/mol. The largest absolute Gasteiger partial charge is 0.469 e. The van der Waals surface area contributed by atoms with Crippen LogP contribution in [-0.2, 0) is 58.5 Å². The quantitative estimate of drug-likeness (QED) is 0.0321. The van der Waals surface area contributed by atoms with Crippen LogP contribution in [0.15, 0.2) is 29.6 Å². The number of likely N-dealkylation sites (N-methyl/N-ethyl adjacent to an activating group) is 1. The van der Waals surface area contributed by atoms with E-state index >= 15 is 0 Å². The first-order valence-corrected chi connectivity index (χ1v) is 24.4. The predicted molar refractivity (Wildman–Crippen MR) is 251 cm³/mol. The van der Waals surface area contributed by atoms with E-state index in [9.17, 15) is 23.7 Å². The lowest BCUT2D eigenvalue weighted by atomic mass is 9.82. The first-order valence-electron chi connectivity index (χ1n) is 23.5. The predicted octanol–water partition coefficient (Wildman–Crippen LogP) is 7.25. The molecule has 0 saturated carbocycles. The molecule has 19 nitrogen and oxygen atoms in total. The summed E-state index contributed by atoms with van der Waals surface area (Å²) in [7, 11) is 8.74. The van der Waals surface area contributed by atoms with Crippen LogP contribution >= 0.6 is 8.46 Å². The molecule has 3 aliphatic heterocycles. The molecule has 3 fully saturated rings. The van der Waals surface area contributed by atoms with Crippen LogP contribution in [0.5, 0.6) is 0 Å². The van der Waals surface area contributed by atoms with Gasteiger partial charge in [0.2, 0.25) is 0 Å². The molecule has 1 aromatic heterocycles. The summed E-state index contributed by atoms with van der Waals surface area (Å²) < 4.78 is 55.9. The Bertz CT molecular complexity index is 1810. The molecule has 0 aromatic carbocycles. The van der Waals surface area contributed by atoms with Crippen molar-refractivity contribution in [1.29, 1.82) is 0 Å². The second-order valence-electron chi connectivity index (χ2n) is 19.3. The Balaban J connectivity index is 0.00000157. The maximum absolute atomic E-state index is 14.5. The molecule has 4 rings (SSSR count). The average Bonchev–Trinajstić information content (AvgIpc) is 3.54. The molecule has 378 valence electrons. The molecule has 4 heterocycles. The van der Waals surface area contributed by atoms with Crippen molar-refractivity contribution < 1.29 is 56.9 Å². The topological polar surface area (TPSA) is 221 Å². The highest BCUT2D eigenvalue weighted by Crippen LogP contribution is 2.42. The van der Waals surface area contributed by atoms with E-state index < -0.39 is 71.5 Å². The van der Waals surface area contributed by atoms with E-state index in [-0.39, 0.29) is 57.3 Å². The van der Waals surface area contributed by atoms with Crippen LogP contribution in [0.25, 0.3) is 10.4 Å². The Labute approximate surface area is 399 Å². The number of hydrogen-bond acceptors (Lipinski definition) is 16. The van der Waals surface area contributed by atoms with E-state index in [1.54, 1.807) is 57.3 Å². The molecular weight excluding hydrogens is 886 g/mol. The van der Waals surface area contributed by atoms with E-state index in [1.165, 1.54) is 7.11 Å². The lowest BCUT2D eigenvalue weighted by Gasteiger charge is -2.46. The molecule has 20 heteroatoms. The number of carbonyl (C=O) groups excluding carboxylic acids is 4. The molecule has 1 aromatic rings. The third kappa shape index (κ3) is 15.5. The second-order valence-corrected chi connectivity index (χ2v) is 20.1. The highest BCUT2D eigenvalue weighted by molar-refractivity contribution is 7.25. The van der Waals surface area contributed by atoms with Gasteiger partial charge in [-0.15, -0.1) is 0 Å². The van der Waals surface area contributed by atoms with Gasteiger partial charge in [0.05, 0.1) is 49.2 Å². The SMILES string of the molecule is CC[C@H]1OC(=O)[C@H](C)C(OC(=O)Cc2cccnc2)C[C@@H](O[C@@H]2OC(C)CC(N(C)C)C2P=O)[C@](C)(OC)C[C@@H](C)CN(C)[C@H](C)[C@H]2N(CCCCN=[N+]=[N-])C(=O)O[C@]12C.COC(=O)C(C)C. The first kappa shape index (κ1) is 57.4. The maximum atomic E-state index is 14.5. The summed E-state index contributed by atoms with van der Waals surface area (Å²) in [6.45, 7) is 18.3. The van der Waals surface area contributed by atoms with Crippen molar-refractivity contribution in [3.05, 3.63) is 40.5 Å². The van der Waals surface area contributed by atoms with Crippen LogP contribution in [0.4, 0.5) is 4.79 Å². The molecular formula is C47H78N7O12P. The van der Waals surface area contributed by atoms with Gasteiger partial charge < -0.3 is 43.0 Å². The molecule has 4 unspecified atom stereocenters. The number of esters is 3. The minimum Gasteiger partial charge on any atom is -0.469 e. The van der Waals surface area contributed by atoms with Crippen molar-refractivity contribution >= 4 is 32.5 Å². The van der Waals surface area contributed by atoms with E-state index in [1.807, 2.05) is 60.7 Å². The Kier molecular flexibility index (Phi) is 22.9. The normalized spacial score (nSPS) is 33.3. The third-order valence-electron chi connectivity index (χ3n) is 13.5. The first-order chi connectivity index (χ1) is 31.6. The van der Waals surface area contributed by atoms with Crippen molar-refractivity contribution in [2.75, 3.05) is 55.0 Å². The molecule has 13 atom stereocenters. The van der Waals surface area contributed by atoms with Gasteiger partial charge in [-0.3, -0.25) is 28.8 Å². The zero-order valence-electron chi connectivity index (χ0n) is 42.3. The van der Waals surface area contributed by atoms with Gasteiger partial charge in [0.1, 0.15) is 17.9 Å². The number of aromatic nitrogens is 1. The van der Waals surface area contributed by atoms with Gasteiger partial charge in [0.25, 0.3) is 0 Å². The van der Waals surface area contributed by atoms with Crippen molar-refractivity contribution in [1.82, 2.24) is 19.7 Å². The Morgan fingerprint density at radius 2 is 1.82 bits per heavy atom. The summed E-state index contributed by atoms with van der Waals surface area (Å²) in [6, 6.07) is 2.59. The van der Waals surface area contributed by atoms with Gasteiger partial charge in [0, 0.05) is 62.6 Å². The standard InChI is InChI=1S/C42H68N7O10P.C5H10O2/c1-12-33-42(7)37(49(40(52)59-42)19-14-13-18-45-46-43)29(5)48(10)25-26(2)23-41(6,54-11)34(58-39-36(60-53)31(47(8)9)20-27(3)55-39)22-32(28(4)38(51)57-33)56-35(50)21-30-16-15-17-44-24-30;1-4(2)5(6)7-3/h15-17,24,26-29,31-34,36-37,39H,12-14,18-23,25H2,1-11H3;4H,1-3H3/t26-,27?,28-,29-,31?,32?,33-,34-,36?,37-,39+,41-,42-;/m1./s1. The van der Waals surface area contributed by atoms with E-state index in [0.29, 0.717) is 57.3 Å². The molecule has 0 radical (unpaired) electrons. The smallest absolute Gasteiger partial charge is 0.410 e.